The fourth-order valence-corrected chi connectivity index (χ4v) is 2.05. The summed E-state index contributed by atoms with van der Waals surface area (Å²) in [5.74, 6) is -0.0599. The number of halogens is 2. The second-order valence-corrected chi connectivity index (χ2v) is 5.59. The fourth-order valence-electron chi connectivity index (χ4n) is 1.53. The topological polar surface area (TPSA) is 71.1 Å². The first-order valence-electron chi connectivity index (χ1n) is 5.95. The highest BCUT2D eigenvalue weighted by Gasteiger charge is 2.29. The number of pyridine rings is 1. The Bertz CT molecular complexity index is 506. The third-order valence-electron chi connectivity index (χ3n) is 2.71. The Labute approximate surface area is 124 Å². The predicted molar refractivity (Wildman–Crippen MR) is 75.0 cm³/mol. The summed E-state index contributed by atoms with van der Waals surface area (Å²) in [4.78, 5) is 27.1. The van der Waals surface area contributed by atoms with Gasteiger partial charge in [-0.25, -0.2) is 4.98 Å². The lowest BCUT2D eigenvalue weighted by Gasteiger charge is -2.07. The Hall–Kier alpha value is -1.14. The Morgan fingerprint density at radius 1 is 1.37 bits per heavy atom. The number of carbonyl (C=O) groups is 2. The van der Waals surface area contributed by atoms with Gasteiger partial charge in [-0.2, -0.15) is 0 Å². The van der Waals surface area contributed by atoms with E-state index in [1.807, 2.05) is 0 Å². The summed E-state index contributed by atoms with van der Waals surface area (Å²) in [6.45, 7) is 0.778. The van der Waals surface area contributed by atoms with Gasteiger partial charge in [0.25, 0.3) is 5.91 Å². The van der Waals surface area contributed by atoms with Crippen LogP contribution in [0.2, 0.25) is 5.15 Å². The standard InChI is InChI=1S/C12H13BrClN3O2/c13-8-5-9(10(14)17-6-8)12(19)16-4-3-15-11(18)7-1-2-7/h5-7H,1-4H2,(H,15,18)(H,16,19). The zero-order valence-electron chi connectivity index (χ0n) is 10.1. The molecule has 1 aliphatic rings. The first-order valence-corrected chi connectivity index (χ1v) is 7.12. The number of aromatic nitrogens is 1. The van der Waals surface area contributed by atoms with E-state index in [1.165, 1.54) is 6.20 Å². The largest absolute Gasteiger partial charge is 0.354 e. The zero-order chi connectivity index (χ0) is 13.8. The zero-order valence-corrected chi connectivity index (χ0v) is 12.4. The average Bonchev–Trinajstić information content (AvgIpc) is 3.21. The monoisotopic (exact) mass is 345 g/mol. The Kier molecular flexibility index (Phi) is 4.76. The van der Waals surface area contributed by atoms with Crippen LogP contribution in [0.25, 0.3) is 0 Å². The van der Waals surface area contributed by atoms with Crippen molar-refractivity contribution in [2.24, 2.45) is 5.92 Å². The van der Waals surface area contributed by atoms with E-state index in [4.69, 9.17) is 11.6 Å². The minimum Gasteiger partial charge on any atom is -0.354 e. The van der Waals surface area contributed by atoms with Crippen molar-refractivity contribution in [1.29, 1.82) is 0 Å². The van der Waals surface area contributed by atoms with Crippen molar-refractivity contribution < 1.29 is 9.59 Å². The third kappa shape index (κ3) is 4.18. The number of hydrogen-bond donors (Lipinski definition) is 2. The van der Waals surface area contributed by atoms with Crippen LogP contribution in [0.3, 0.4) is 0 Å². The van der Waals surface area contributed by atoms with Crippen LogP contribution in [-0.4, -0.2) is 29.9 Å². The minimum absolute atomic E-state index is 0.0661. The van der Waals surface area contributed by atoms with Crippen LogP contribution in [0.15, 0.2) is 16.7 Å². The van der Waals surface area contributed by atoms with Gasteiger partial charge in [-0.3, -0.25) is 9.59 Å². The summed E-state index contributed by atoms with van der Waals surface area (Å²) >= 11 is 9.07. The van der Waals surface area contributed by atoms with E-state index >= 15 is 0 Å². The second-order valence-electron chi connectivity index (χ2n) is 4.31. The lowest BCUT2D eigenvalue weighted by molar-refractivity contribution is -0.122. The Balaban J connectivity index is 1.77. The molecule has 1 aromatic heterocycles. The predicted octanol–water partition coefficient (Wildman–Crippen LogP) is 1.75. The van der Waals surface area contributed by atoms with Gasteiger partial charge in [0.1, 0.15) is 5.15 Å². The van der Waals surface area contributed by atoms with Gasteiger partial charge < -0.3 is 10.6 Å². The molecule has 2 rings (SSSR count). The van der Waals surface area contributed by atoms with Crippen LogP contribution >= 0.6 is 27.5 Å². The number of carbonyl (C=O) groups excluding carboxylic acids is 2. The molecule has 0 spiro atoms. The van der Waals surface area contributed by atoms with E-state index in [9.17, 15) is 9.59 Å². The molecule has 0 atom stereocenters. The molecule has 5 nitrogen and oxygen atoms in total. The quantitative estimate of drug-likeness (QED) is 0.630. The van der Waals surface area contributed by atoms with Crippen molar-refractivity contribution in [3.05, 3.63) is 27.5 Å². The van der Waals surface area contributed by atoms with Gasteiger partial charge in [-0.05, 0) is 34.8 Å². The molecule has 102 valence electrons. The average molecular weight is 347 g/mol. The van der Waals surface area contributed by atoms with E-state index in [2.05, 4.69) is 31.5 Å². The van der Waals surface area contributed by atoms with Gasteiger partial charge in [0, 0.05) is 29.7 Å². The van der Waals surface area contributed by atoms with Crippen LogP contribution in [0, 0.1) is 5.92 Å². The van der Waals surface area contributed by atoms with E-state index < -0.39 is 0 Å². The fraction of sp³-hybridized carbons (Fsp3) is 0.417. The maximum absolute atomic E-state index is 11.8. The Morgan fingerprint density at radius 2 is 2.05 bits per heavy atom. The van der Waals surface area contributed by atoms with Gasteiger partial charge in [0.05, 0.1) is 5.56 Å². The third-order valence-corrected chi connectivity index (χ3v) is 3.44. The number of rotatable bonds is 5. The van der Waals surface area contributed by atoms with E-state index in [0.717, 1.165) is 12.8 Å². The minimum atomic E-state index is -0.306. The Morgan fingerprint density at radius 3 is 2.74 bits per heavy atom. The molecule has 0 radical (unpaired) electrons. The number of nitrogens with zero attached hydrogens (tertiary/aromatic N) is 1. The SMILES string of the molecule is O=C(NCCNC(=O)C1CC1)c1cc(Br)cnc1Cl. The van der Waals surface area contributed by atoms with Crippen molar-refractivity contribution in [2.75, 3.05) is 13.1 Å². The maximum atomic E-state index is 11.8. The normalized spacial score (nSPS) is 14.0. The van der Waals surface area contributed by atoms with Crippen molar-refractivity contribution in [2.45, 2.75) is 12.8 Å². The number of hydrogen-bond acceptors (Lipinski definition) is 3. The highest BCUT2D eigenvalue weighted by molar-refractivity contribution is 9.10. The number of amides is 2. The van der Waals surface area contributed by atoms with E-state index in [-0.39, 0.29) is 22.9 Å². The van der Waals surface area contributed by atoms with Gasteiger partial charge >= 0.3 is 0 Å². The van der Waals surface area contributed by atoms with Gasteiger partial charge in [0.15, 0.2) is 0 Å². The molecule has 19 heavy (non-hydrogen) atoms. The molecular formula is C12H13BrClN3O2. The first kappa shape index (κ1) is 14.3. The van der Waals surface area contributed by atoms with Crippen LogP contribution < -0.4 is 10.6 Å². The summed E-state index contributed by atoms with van der Waals surface area (Å²) < 4.78 is 0.684. The smallest absolute Gasteiger partial charge is 0.254 e. The molecule has 0 unspecified atom stereocenters. The lowest BCUT2D eigenvalue weighted by Crippen LogP contribution is -2.35. The molecular weight excluding hydrogens is 334 g/mol. The van der Waals surface area contributed by atoms with Crippen molar-refractivity contribution in [3.8, 4) is 0 Å². The van der Waals surface area contributed by atoms with Crippen molar-refractivity contribution >= 4 is 39.3 Å². The van der Waals surface area contributed by atoms with Gasteiger partial charge in [-0.15, -0.1) is 0 Å². The van der Waals surface area contributed by atoms with E-state index in [0.29, 0.717) is 23.1 Å². The second kappa shape index (κ2) is 6.34. The highest BCUT2D eigenvalue weighted by atomic mass is 79.9. The van der Waals surface area contributed by atoms with Crippen molar-refractivity contribution in [3.63, 3.8) is 0 Å². The molecule has 2 amide bonds. The molecule has 2 N–H and O–H groups in total. The lowest BCUT2D eigenvalue weighted by atomic mass is 10.2. The van der Waals surface area contributed by atoms with Crippen LogP contribution in [0.5, 0.6) is 0 Å². The summed E-state index contributed by atoms with van der Waals surface area (Å²) in [5.41, 5.74) is 0.310. The molecule has 1 aromatic rings. The van der Waals surface area contributed by atoms with Gasteiger partial charge in [0.2, 0.25) is 5.91 Å². The van der Waals surface area contributed by atoms with E-state index in [1.54, 1.807) is 6.07 Å². The van der Waals surface area contributed by atoms with Gasteiger partial charge in [-0.1, -0.05) is 11.6 Å². The molecule has 1 saturated carbocycles. The van der Waals surface area contributed by atoms with Crippen LogP contribution in [0.4, 0.5) is 0 Å². The summed E-state index contributed by atoms with van der Waals surface area (Å²) in [6.07, 6.45) is 3.46. The van der Waals surface area contributed by atoms with Crippen LogP contribution in [-0.2, 0) is 4.79 Å². The summed E-state index contributed by atoms with van der Waals surface area (Å²) in [5, 5.41) is 5.60. The number of nitrogens with one attached hydrogen (secondary N) is 2. The summed E-state index contributed by atoms with van der Waals surface area (Å²) in [6, 6.07) is 1.60. The highest BCUT2D eigenvalue weighted by Crippen LogP contribution is 2.28. The molecule has 0 saturated heterocycles. The maximum Gasteiger partial charge on any atom is 0.254 e. The van der Waals surface area contributed by atoms with Crippen LogP contribution in [0.1, 0.15) is 23.2 Å². The molecule has 1 heterocycles. The first-order chi connectivity index (χ1) is 9.08. The van der Waals surface area contributed by atoms with Crippen molar-refractivity contribution in [1.82, 2.24) is 15.6 Å². The molecule has 0 aromatic carbocycles. The molecule has 1 aliphatic carbocycles. The molecule has 1 fully saturated rings. The molecule has 7 heteroatoms. The molecule has 0 bridgehead atoms. The molecule has 0 aliphatic heterocycles. The summed E-state index contributed by atoms with van der Waals surface area (Å²) in [7, 11) is 0.